The maximum atomic E-state index is 12.1. The summed E-state index contributed by atoms with van der Waals surface area (Å²) in [6.45, 7) is 0. The van der Waals surface area contributed by atoms with Gasteiger partial charge in [-0.2, -0.15) is 0 Å². The first kappa shape index (κ1) is 14.8. The number of aromatic carboxylic acids is 1. The molecule has 20 heavy (non-hydrogen) atoms. The molecule has 0 spiro atoms. The molecule has 0 saturated carbocycles. The molecule has 1 aromatic heterocycles. The van der Waals surface area contributed by atoms with Crippen LogP contribution in [0.3, 0.4) is 0 Å². The molecule has 0 atom stereocenters. The molecule has 2 aromatic rings. The lowest BCUT2D eigenvalue weighted by Crippen LogP contribution is -2.15. The van der Waals surface area contributed by atoms with Crippen molar-refractivity contribution in [2.75, 3.05) is 5.32 Å². The Morgan fingerprint density at radius 3 is 2.45 bits per heavy atom. The Morgan fingerprint density at radius 1 is 1.25 bits per heavy atom. The van der Waals surface area contributed by atoms with E-state index < -0.39 is 5.97 Å². The van der Waals surface area contributed by atoms with Crippen LogP contribution in [0, 0.1) is 0 Å². The highest BCUT2D eigenvalue weighted by Crippen LogP contribution is 2.25. The lowest BCUT2D eigenvalue weighted by atomic mass is 10.2. The van der Waals surface area contributed by atoms with Crippen LogP contribution < -0.4 is 5.32 Å². The van der Waals surface area contributed by atoms with Crippen molar-refractivity contribution in [2.24, 2.45) is 7.05 Å². The molecule has 0 unspecified atom stereocenters. The molecule has 0 saturated heterocycles. The monoisotopic (exact) mass is 400 g/mol. The van der Waals surface area contributed by atoms with Crippen LogP contribution in [0.1, 0.15) is 20.8 Å². The molecule has 1 heterocycles. The minimum Gasteiger partial charge on any atom is -0.478 e. The van der Waals surface area contributed by atoms with E-state index in [0.717, 1.165) is 4.47 Å². The zero-order valence-corrected chi connectivity index (χ0v) is 13.5. The predicted molar refractivity (Wildman–Crippen MR) is 82.2 cm³/mol. The smallest absolute Gasteiger partial charge is 0.335 e. The Bertz CT molecular complexity index is 695. The second-order valence-corrected chi connectivity index (χ2v) is 5.88. The van der Waals surface area contributed by atoms with Crippen molar-refractivity contribution in [1.82, 2.24) is 4.57 Å². The number of nitrogens with zero attached hydrogens (tertiary/aromatic N) is 1. The van der Waals surface area contributed by atoms with E-state index in [-0.39, 0.29) is 11.5 Å². The molecule has 0 aliphatic heterocycles. The van der Waals surface area contributed by atoms with E-state index in [0.29, 0.717) is 15.9 Å². The number of carbonyl (C=O) groups excluding carboxylic acids is 1. The van der Waals surface area contributed by atoms with Gasteiger partial charge in [0, 0.05) is 22.2 Å². The average molecular weight is 402 g/mol. The molecule has 104 valence electrons. The van der Waals surface area contributed by atoms with Gasteiger partial charge >= 0.3 is 5.97 Å². The number of hydrogen-bond donors (Lipinski definition) is 2. The number of aryl methyl sites for hydroxylation is 1. The number of anilines is 1. The molecule has 0 fully saturated rings. The van der Waals surface area contributed by atoms with E-state index >= 15 is 0 Å². The van der Waals surface area contributed by atoms with Crippen molar-refractivity contribution in [3.63, 3.8) is 0 Å². The zero-order valence-electron chi connectivity index (χ0n) is 10.4. The fourth-order valence-corrected chi connectivity index (χ4v) is 2.69. The third-order valence-corrected chi connectivity index (χ3v) is 3.76. The van der Waals surface area contributed by atoms with Crippen LogP contribution in [0.4, 0.5) is 5.69 Å². The quantitative estimate of drug-likeness (QED) is 0.826. The predicted octanol–water partition coefficient (Wildman–Crippen LogP) is 3.50. The normalized spacial score (nSPS) is 10.3. The van der Waals surface area contributed by atoms with Gasteiger partial charge in [-0.25, -0.2) is 4.79 Å². The number of hydrogen-bond acceptors (Lipinski definition) is 2. The van der Waals surface area contributed by atoms with Crippen LogP contribution in [-0.2, 0) is 7.05 Å². The zero-order chi connectivity index (χ0) is 14.9. The third-order valence-electron chi connectivity index (χ3n) is 2.67. The Labute approximate surface area is 131 Å². The Morgan fingerprint density at radius 2 is 1.95 bits per heavy atom. The molecule has 0 aliphatic rings. The second kappa shape index (κ2) is 5.80. The lowest BCUT2D eigenvalue weighted by Gasteiger charge is -2.08. The molecule has 1 aromatic carbocycles. The van der Waals surface area contributed by atoms with Crippen molar-refractivity contribution in [3.8, 4) is 0 Å². The number of halogens is 2. The van der Waals surface area contributed by atoms with Crippen LogP contribution >= 0.6 is 31.9 Å². The SMILES string of the molecule is Cn1cc(Br)cc1C(=O)Nc1ccc(C(=O)O)cc1Br. The fraction of sp³-hybridized carbons (Fsp3) is 0.0769. The van der Waals surface area contributed by atoms with Gasteiger partial charge < -0.3 is 15.0 Å². The highest BCUT2D eigenvalue weighted by atomic mass is 79.9. The Kier molecular flexibility index (Phi) is 4.29. The largest absolute Gasteiger partial charge is 0.478 e. The first-order valence-electron chi connectivity index (χ1n) is 5.54. The molecular weight excluding hydrogens is 392 g/mol. The van der Waals surface area contributed by atoms with Gasteiger partial charge in [-0.3, -0.25) is 4.79 Å². The molecule has 2 N–H and O–H groups in total. The van der Waals surface area contributed by atoms with Crippen LogP contribution in [0.5, 0.6) is 0 Å². The number of carboxylic acids is 1. The molecule has 5 nitrogen and oxygen atoms in total. The maximum Gasteiger partial charge on any atom is 0.335 e. The van der Waals surface area contributed by atoms with Crippen molar-refractivity contribution in [1.29, 1.82) is 0 Å². The second-order valence-electron chi connectivity index (χ2n) is 4.11. The van der Waals surface area contributed by atoms with Crippen molar-refractivity contribution in [3.05, 3.63) is 50.7 Å². The number of amides is 1. The minimum atomic E-state index is -1.02. The van der Waals surface area contributed by atoms with Crippen LogP contribution in [0.15, 0.2) is 39.4 Å². The van der Waals surface area contributed by atoms with Crippen molar-refractivity contribution < 1.29 is 14.7 Å². The molecule has 1 amide bonds. The minimum absolute atomic E-state index is 0.150. The van der Waals surface area contributed by atoms with Crippen LogP contribution in [0.2, 0.25) is 0 Å². The van der Waals surface area contributed by atoms with Gasteiger partial charge in [0.1, 0.15) is 5.69 Å². The summed E-state index contributed by atoms with van der Waals surface area (Å²) in [4.78, 5) is 23.0. The van der Waals surface area contributed by atoms with Gasteiger partial charge in [0.15, 0.2) is 0 Å². The average Bonchev–Trinajstić information content (AvgIpc) is 2.70. The number of carbonyl (C=O) groups is 2. The summed E-state index contributed by atoms with van der Waals surface area (Å²) < 4.78 is 3.02. The summed E-state index contributed by atoms with van der Waals surface area (Å²) in [5, 5.41) is 11.6. The first-order valence-corrected chi connectivity index (χ1v) is 7.13. The fourth-order valence-electron chi connectivity index (χ4n) is 1.69. The summed E-state index contributed by atoms with van der Waals surface area (Å²) in [6, 6.07) is 6.13. The van der Waals surface area contributed by atoms with E-state index in [1.807, 2.05) is 0 Å². The van der Waals surface area contributed by atoms with Gasteiger partial charge in [0.05, 0.1) is 11.3 Å². The van der Waals surface area contributed by atoms with Crippen molar-refractivity contribution in [2.45, 2.75) is 0 Å². The summed E-state index contributed by atoms with van der Waals surface area (Å²) in [6.07, 6.45) is 1.78. The Hall–Kier alpha value is -1.60. The number of aromatic nitrogens is 1. The molecule has 0 bridgehead atoms. The lowest BCUT2D eigenvalue weighted by molar-refractivity contribution is 0.0696. The van der Waals surface area contributed by atoms with Crippen LogP contribution in [0.25, 0.3) is 0 Å². The number of benzene rings is 1. The van der Waals surface area contributed by atoms with Crippen LogP contribution in [-0.4, -0.2) is 21.6 Å². The van der Waals surface area contributed by atoms with E-state index in [9.17, 15) is 9.59 Å². The molecule has 0 radical (unpaired) electrons. The van der Waals surface area contributed by atoms with Crippen molar-refractivity contribution >= 4 is 49.4 Å². The van der Waals surface area contributed by atoms with Gasteiger partial charge in [0.2, 0.25) is 0 Å². The highest BCUT2D eigenvalue weighted by Gasteiger charge is 2.13. The maximum absolute atomic E-state index is 12.1. The standard InChI is InChI=1S/C13H10Br2N2O3/c1-17-6-8(14)5-11(17)12(18)16-10-3-2-7(13(19)20)4-9(10)15/h2-6H,1H3,(H,16,18)(H,19,20). The molecule has 7 heteroatoms. The number of rotatable bonds is 3. The van der Waals surface area contributed by atoms with E-state index in [1.54, 1.807) is 29.9 Å². The summed E-state index contributed by atoms with van der Waals surface area (Å²) >= 11 is 6.55. The molecule has 2 rings (SSSR count). The van der Waals surface area contributed by atoms with Gasteiger partial charge in [-0.05, 0) is 56.1 Å². The summed E-state index contributed by atoms with van der Waals surface area (Å²) in [5.74, 6) is -1.29. The van der Waals surface area contributed by atoms with E-state index in [1.165, 1.54) is 12.1 Å². The third kappa shape index (κ3) is 3.10. The topological polar surface area (TPSA) is 71.3 Å². The first-order chi connectivity index (χ1) is 9.38. The summed E-state index contributed by atoms with van der Waals surface area (Å²) in [5.41, 5.74) is 1.15. The Balaban J connectivity index is 2.24. The van der Waals surface area contributed by atoms with Gasteiger partial charge in [0.25, 0.3) is 5.91 Å². The van der Waals surface area contributed by atoms with Gasteiger partial charge in [-0.1, -0.05) is 0 Å². The highest BCUT2D eigenvalue weighted by molar-refractivity contribution is 9.10. The number of carboxylic acid groups (broad SMARTS) is 1. The van der Waals surface area contributed by atoms with Gasteiger partial charge in [-0.15, -0.1) is 0 Å². The number of nitrogens with one attached hydrogen (secondary N) is 1. The molecule has 0 aliphatic carbocycles. The van der Waals surface area contributed by atoms with E-state index in [4.69, 9.17) is 5.11 Å². The molecular formula is C13H10Br2N2O3. The summed E-state index contributed by atoms with van der Waals surface area (Å²) in [7, 11) is 1.77. The van der Waals surface area contributed by atoms with E-state index in [2.05, 4.69) is 37.2 Å².